The highest BCUT2D eigenvalue weighted by Gasteiger charge is 2.71. The van der Waals surface area contributed by atoms with Crippen LogP contribution in [-0.2, 0) is 36.1 Å². The lowest BCUT2D eigenvalue weighted by Crippen LogP contribution is -2.67. The van der Waals surface area contributed by atoms with Gasteiger partial charge in [-0.3, -0.25) is 14.4 Å². The van der Waals surface area contributed by atoms with E-state index in [4.69, 9.17) is 60.6 Å². The molecule has 2 aromatic heterocycles. The second-order valence-electron chi connectivity index (χ2n) is 12.8. The molecule has 4 aromatic rings. The molecule has 14 nitrogen and oxygen atoms in total. The minimum absolute atomic E-state index is 0.0407. The van der Waals surface area contributed by atoms with Crippen LogP contribution in [0, 0.1) is 0 Å². The number of halogens is 4. The van der Waals surface area contributed by atoms with Crippen LogP contribution in [0.3, 0.4) is 0 Å². The number of aromatic nitrogens is 5. The van der Waals surface area contributed by atoms with Gasteiger partial charge in [-0.05, 0) is 23.3 Å². The van der Waals surface area contributed by atoms with Gasteiger partial charge < -0.3 is 23.9 Å². The Balaban J connectivity index is 1.31. The number of allylic oxidation sites excluding steroid dienone is 4. The van der Waals surface area contributed by atoms with Crippen molar-refractivity contribution < 1.29 is 28.9 Å². The molecular formula is C35H31Cl4N5O9. The topological polar surface area (TPSA) is 166 Å². The Morgan fingerprint density at radius 1 is 0.943 bits per heavy atom. The van der Waals surface area contributed by atoms with E-state index in [0.717, 1.165) is 4.57 Å². The standard InChI is InChI=1S/C35H31Cl4N5O9/c1-41-22-15-25(52-3)24(51-2)14-21(22)40-20(31(41)48)9-10-42-32(49)43-11-8-19-23(44(43)33(42)50)16-34(38)29(46)27(36)28(37)30(47)35(34,39)26(19)17-4-6-18(7-5-17)53-13-12-45/h4-8,14-15,23,26,45H,9-13,16H2,1-3H3. The fraction of sp³-hybridized carbons (Fsp3) is 0.371. The molecule has 278 valence electrons. The van der Waals surface area contributed by atoms with Crippen LogP contribution in [0.25, 0.3) is 11.0 Å². The quantitative estimate of drug-likeness (QED) is 0.196. The molecule has 4 atom stereocenters. The minimum Gasteiger partial charge on any atom is -0.493 e. The Morgan fingerprint density at radius 3 is 2.26 bits per heavy atom. The molecule has 2 aliphatic carbocycles. The molecule has 18 heteroatoms. The Morgan fingerprint density at radius 2 is 1.60 bits per heavy atom. The number of hydrogen-bond acceptors (Lipinski definition) is 10. The van der Waals surface area contributed by atoms with Crippen molar-refractivity contribution in [1.82, 2.24) is 23.5 Å². The smallest absolute Gasteiger partial charge is 0.347 e. The SMILES string of the molecule is COc1cc2nc(CCn3c(=O)n4n(c3=O)C3CC5(Cl)C(=O)C(Cl)=C(Cl)C(=O)C5(Cl)C(c5ccc(OCCO)cc5)C3=CC4)c(=O)n(C)c2cc1OC. The van der Waals surface area contributed by atoms with Gasteiger partial charge in [0, 0.05) is 44.5 Å². The summed E-state index contributed by atoms with van der Waals surface area (Å²) in [4.78, 5) is 69.5. The van der Waals surface area contributed by atoms with Crippen LogP contribution >= 0.6 is 46.4 Å². The van der Waals surface area contributed by atoms with Crippen LogP contribution in [-0.4, -0.2) is 77.3 Å². The first kappa shape index (κ1) is 37.0. The number of aryl methyl sites for hydroxylation is 2. The van der Waals surface area contributed by atoms with Gasteiger partial charge in [-0.25, -0.2) is 28.5 Å². The van der Waals surface area contributed by atoms with Crippen LogP contribution < -0.4 is 31.1 Å². The number of rotatable bonds is 9. The minimum atomic E-state index is -2.20. The Hall–Kier alpha value is -4.34. The number of carbonyl (C=O) groups is 2. The highest BCUT2D eigenvalue weighted by molar-refractivity contribution is 6.66. The number of aliphatic hydroxyl groups is 1. The van der Waals surface area contributed by atoms with Gasteiger partial charge in [-0.2, -0.15) is 0 Å². The monoisotopic (exact) mass is 805 g/mol. The van der Waals surface area contributed by atoms with Gasteiger partial charge in [0.2, 0.25) is 0 Å². The molecule has 0 amide bonds. The lowest BCUT2D eigenvalue weighted by atomic mass is 9.59. The summed E-state index contributed by atoms with van der Waals surface area (Å²) in [6.07, 6.45) is 1.22. The number of benzene rings is 2. The molecule has 0 bridgehead atoms. The maximum absolute atomic E-state index is 14.2. The summed E-state index contributed by atoms with van der Waals surface area (Å²) in [5, 5.41) is 8.04. The third-order valence-electron chi connectivity index (χ3n) is 10.2. The largest absolute Gasteiger partial charge is 0.493 e. The van der Waals surface area contributed by atoms with Gasteiger partial charge in [0.15, 0.2) is 23.1 Å². The van der Waals surface area contributed by atoms with E-state index in [9.17, 15) is 29.1 Å². The molecule has 0 radical (unpaired) electrons. The van der Waals surface area contributed by atoms with Crippen molar-refractivity contribution in [1.29, 1.82) is 0 Å². The number of carbonyl (C=O) groups excluding carboxylic acids is 2. The summed E-state index contributed by atoms with van der Waals surface area (Å²) < 4.78 is 21.1. The molecule has 0 saturated heterocycles. The van der Waals surface area contributed by atoms with Gasteiger partial charge in [-0.1, -0.05) is 41.4 Å². The van der Waals surface area contributed by atoms with Gasteiger partial charge in [-0.15, -0.1) is 23.2 Å². The van der Waals surface area contributed by atoms with E-state index in [1.807, 2.05) is 0 Å². The summed E-state index contributed by atoms with van der Waals surface area (Å²) in [6, 6.07) is 8.69. The van der Waals surface area contributed by atoms with E-state index in [1.54, 1.807) is 49.5 Å². The predicted molar refractivity (Wildman–Crippen MR) is 196 cm³/mol. The van der Waals surface area contributed by atoms with E-state index < -0.39 is 60.3 Å². The first-order valence-electron chi connectivity index (χ1n) is 16.3. The molecular weight excluding hydrogens is 776 g/mol. The first-order valence-corrected chi connectivity index (χ1v) is 17.8. The second kappa shape index (κ2) is 13.5. The molecule has 0 spiro atoms. The number of Topliss-reactive ketones (excluding diaryl/α,β-unsaturated/α-hetero) is 2. The lowest BCUT2D eigenvalue weighted by Gasteiger charge is -2.54. The molecule has 3 aliphatic rings. The third kappa shape index (κ3) is 5.40. The maximum Gasteiger partial charge on any atom is 0.347 e. The van der Waals surface area contributed by atoms with Gasteiger partial charge in [0.1, 0.15) is 37.9 Å². The summed E-state index contributed by atoms with van der Waals surface area (Å²) in [6.45, 7) is -0.469. The van der Waals surface area contributed by atoms with E-state index in [0.29, 0.717) is 39.4 Å². The van der Waals surface area contributed by atoms with Crippen molar-refractivity contribution in [2.75, 3.05) is 27.4 Å². The predicted octanol–water partition coefficient (Wildman–Crippen LogP) is 3.15. The maximum atomic E-state index is 14.2. The number of alkyl halides is 2. The molecule has 7 rings (SSSR count). The number of ether oxygens (including phenoxy) is 3. The Bertz CT molecular complexity index is 2470. The Kier molecular flexibility index (Phi) is 9.43. The summed E-state index contributed by atoms with van der Waals surface area (Å²) in [5.74, 6) is -1.65. The molecule has 1 fully saturated rings. The van der Waals surface area contributed by atoms with E-state index in [2.05, 4.69) is 4.98 Å². The van der Waals surface area contributed by atoms with Crippen LogP contribution in [0.5, 0.6) is 17.2 Å². The van der Waals surface area contributed by atoms with Crippen LogP contribution in [0.4, 0.5) is 0 Å². The first-order chi connectivity index (χ1) is 25.2. The lowest BCUT2D eigenvalue weighted by molar-refractivity contribution is -0.128. The van der Waals surface area contributed by atoms with Crippen LogP contribution in [0.15, 0.2) is 72.5 Å². The molecule has 1 N–H and O–H groups in total. The molecule has 2 aromatic carbocycles. The average molecular weight is 807 g/mol. The van der Waals surface area contributed by atoms with Crippen molar-refractivity contribution in [3.63, 3.8) is 0 Å². The van der Waals surface area contributed by atoms with Crippen LogP contribution in [0.2, 0.25) is 0 Å². The summed E-state index contributed by atoms with van der Waals surface area (Å²) >= 11 is 27.1. The summed E-state index contributed by atoms with van der Waals surface area (Å²) in [5.41, 5.74) is 0.0866. The zero-order chi connectivity index (χ0) is 38.1. The third-order valence-corrected chi connectivity index (χ3v) is 12.4. The van der Waals surface area contributed by atoms with E-state index in [-0.39, 0.29) is 44.8 Å². The van der Waals surface area contributed by atoms with Crippen molar-refractivity contribution in [2.24, 2.45) is 7.05 Å². The van der Waals surface area contributed by atoms with Crippen molar-refractivity contribution in [3.05, 3.63) is 101 Å². The fourth-order valence-electron chi connectivity index (χ4n) is 7.59. The number of fused-ring (bicyclic) bond motifs is 5. The van der Waals surface area contributed by atoms with E-state index in [1.165, 1.54) is 28.2 Å². The van der Waals surface area contributed by atoms with E-state index >= 15 is 0 Å². The highest BCUT2D eigenvalue weighted by atomic mass is 35.5. The fourth-order valence-corrected chi connectivity index (χ4v) is 9.12. The van der Waals surface area contributed by atoms with Crippen molar-refractivity contribution in [3.8, 4) is 17.2 Å². The number of ketones is 2. The van der Waals surface area contributed by atoms with Gasteiger partial charge in [0.25, 0.3) is 5.56 Å². The number of nitrogens with zero attached hydrogens (tertiary/aromatic N) is 5. The molecule has 53 heavy (non-hydrogen) atoms. The zero-order valence-corrected chi connectivity index (χ0v) is 31.4. The Labute approximate surface area is 320 Å². The zero-order valence-electron chi connectivity index (χ0n) is 28.4. The normalized spacial score (nSPS) is 23.7. The highest BCUT2D eigenvalue weighted by Crippen LogP contribution is 2.63. The van der Waals surface area contributed by atoms with Crippen molar-refractivity contribution in [2.45, 2.75) is 47.6 Å². The number of methoxy groups -OCH3 is 2. The van der Waals surface area contributed by atoms with Crippen LogP contribution in [0.1, 0.15) is 29.6 Å². The molecule has 3 heterocycles. The molecule has 1 aliphatic heterocycles. The van der Waals surface area contributed by atoms with Gasteiger partial charge in [0.05, 0.1) is 44.4 Å². The summed E-state index contributed by atoms with van der Waals surface area (Å²) in [7, 11) is 4.53. The number of aliphatic hydroxyl groups excluding tert-OH is 1. The average Bonchev–Trinajstić information content (AvgIpc) is 3.41. The number of hydrogen-bond donors (Lipinski definition) is 1. The second-order valence-corrected chi connectivity index (χ2v) is 14.8. The molecule has 4 unspecified atom stereocenters. The molecule has 1 saturated carbocycles. The van der Waals surface area contributed by atoms with Gasteiger partial charge >= 0.3 is 11.4 Å². The van der Waals surface area contributed by atoms with Crippen molar-refractivity contribution >= 4 is 69.0 Å².